The van der Waals surface area contributed by atoms with Gasteiger partial charge in [-0.15, -0.1) is 12.4 Å². The number of ether oxygens (including phenoxy) is 1. The van der Waals surface area contributed by atoms with E-state index in [0.717, 1.165) is 19.3 Å². The second-order valence-corrected chi connectivity index (χ2v) is 5.21. The van der Waals surface area contributed by atoms with Crippen molar-refractivity contribution in [1.82, 2.24) is 5.32 Å². The minimum atomic E-state index is -0.439. The molecule has 0 fully saturated rings. The van der Waals surface area contributed by atoms with E-state index in [1.807, 2.05) is 13.8 Å². The number of unbranched alkanes of at least 4 members (excludes halogenated alkanes) is 1. The van der Waals surface area contributed by atoms with Gasteiger partial charge in [-0.05, 0) is 43.0 Å². The van der Waals surface area contributed by atoms with Crippen molar-refractivity contribution < 1.29 is 13.9 Å². The fourth-order valence-electron chi connectivity index (χ4n) is 1.79. The van der Waals surface area contributed by atoms with E-state index in [0.29, 0.717) is 18.9 Å². The maximum Gasteiger partial charge on any atom is 0.237 e. The summed E-state index contributed by atoms with van der Waals surface area (Å²) >= 11 is 0. The molecule has 126 valence electrons. The summed E-state index contributed by atoms with van der Waals surface area (Å²) < 4.78 is 18.2. The lowest BCUT2D eigenvalue weighted by molar-refractivity contribution is -0.123. The van der Waals surface area contributed by atoms with Crippen LogP contribution in [-0.4, -0.2) is 25.1 Å². The molecule has 6 heteroatoms. The van der Waals surface area contributed by atoms with Crippen molar-refractivity contribution in [3.05, 3.63) is 30.1 Å². The van der Waals surface area contributed by atoms with Crippen LogP contribution in [0.2, 0.25) is 0 Å². The van der Waals surface area contributed by atoms with Crippen molar-refractivity contribution >= 4 is 18.3 Å². The predicted molar refractivity (Wildman–Crippen MR) is 88.8 cm³/mol. The summed E-state index contributed by atoms with van der Waals surface area (Å²) in [5, 5.41) is 2.83. The Morgan fingerprint density at radius 1 is 1.32 bits per heavy atom. The van der Waals surface area contributed by atoms with Gasteiger partial charge in [0.15, 0.2) is 0 Å². The molecule has 1 rings (SSSR count). The SMILES string of the molecule is CCC(C)C(N)C(=O)NCCCCOc1ccc(F)cc1.Cl. The molecule has 1 aromatic carbocycles. The molecule has 3 N–H and O–H groups in total. The van der Waals surface area contributed by atoms with Crippen LogP contribution in [0.5, 0.6) is 5.75 Å². The Balaban J connectivity index is 0.00000441. The summed E-state index contributed by atoms with van der Waals surface area (Å²) in [6.07, 6.45) is 2.52. The first-order valence-corrected chi connectivity index (χ1v) is 7.46. The molecule has 0 aliphatic rings. The largest absolute Gasteiger partial charge is 0.494 e. The molecule has 0 aliphatic heterocycles. The Morgan fingerprint density at radius 3 is 2.55 bits per heavy atom. The molecular formula is C16H26ClFN2O2. The first-order valence-electron chi connectivity index (χ1n) is 7.46. The number of hydrogen-bond donors (Lipinski definition) is 2. The van der Waals surface area contributed by atoms with Crippen molar-refractivity contribution in [3.63, 3.8) is 0 Å². The third-order valence-corrected chi connectivity index (χ3v) is 3.51. The molecule has 0 bridgehead atoms. The van der Waals surface area contributed by atoms with E-state index < -0.39 is 6.04 Å². The van der Waals surface area contributed by atoms with Gasteiger partial charge in [0.05, 0.1) is 12.6 Å². The number of nitrogens with one attached hydrogen (secondary N) is 1. The lowest BCUT2D eigenvalue weighted by Crippen LogP contribution is -2.44. The molecule has 1 amide bonds. The average molecular weight is 333 g/mol. The van der Waals surface area contributed by atoms with E-state index >= 15 is 0 Å². The Morgan fingerprint density at radius 2 is 1.95 bits per heavy atom. The molecule has 0 aromatic heterocycles. The molecular weight excluding hydrogens is 307 g/mol. The molecule has 0 saturated heterocycles. The standard InChI is InChI=1S/C16H25FN2O2.ClH/c1-3-12(2)15(18)16(20)19-10-4-5-11-21-14-8-6-13(17)7-9-14;/h6-9,12,15H,3-5,10-11,18H2,1-2H3,(H,19,20);1H. The third-order valence-electron chi connectivity index (χ3n) is 3.51. The zero-order chi connectivity index (χ0) is 15.7. The van der Waals surface area contributed by atoms with Gasteiger partial charge in [-0.3, -0.25) is 4.79 Å². The van der Waals surface area contributed by atoms with Gasteiger partial charge < -0.3 is 15.8 Å². The van der Waals surface area contributed by atoms with Crippen LogP contribution in [0.4, 0.5) is 4.39 Å². The van der Waals surface area contributed by atoms with Crippen LogP contribution in [0.3, 0.4) is 0 Å². The minimum absolute atomic E-state index is 0. The summed E-state index contributed by atoms with van der Waals surface area (Å²) in [5.74, 6) is 0.470. The molecule has 2 atom stereocenters. The van der Waals surface area contributed by atoms with Gasteiger partial charge in [-0.2, -0.15) is 0 Å². The number of halogens is 2. The van der Waals surface area contributed by atoms with Gasteiger partial charge in [0.25, 0.3) is 0 Å². The Labute approximate surface area is 138 Å². The van der Waals surface area contributed by atoms with E-state index in [4.69, 9.17) is 10.5 Å². The summed E-state index contributed by atoms with van der Waals surface area (Å²) in [6, 6.07) is 5.49. The molecule has 1 aromatic rings. The topological polar surface area (TPSA) is 64.4 Å². The molecule has 22 heavy (non-hydrogen) atoms. The number of nitrogens with two attached hydrogens (primary N) is 1. The first kappa shape index (κ1) is 20.7. The van der Waals surface area contributed by atoms with E-state index in [2.05, 4.69) is 5.32 Å². The normalized spacial score (nSPS) is 12.9. The number of benzene rings is 1. The van der Waals surface area contributed by atoms with E-state index in [1.54, 1.807) is 12.1 Å². The van der Waals surface area contributed by atoms with Gasteiger partial charge in [0.1, 0.15) is 11.6 Å². The smallest absolute Gasteiger partial charge is 0.237 e. The maximum absolute atomic E-state index is 12.7. The fraction of sp³-hybridized carbons (Fsp3) is 0.562. The molecule has 0 saturated carbocycles. The quantitative estimate of drug-likeness (QED) is 0.683. The lowest BCUT2D eigenvalue weighted by Gasteiger charge is -2.17. The lowest BCUT2D eigenvalue weighted by atomic mass is 9.99. The summed E-state index contributed by atoms with van der Waals surface area (Å²) in [6.45, 7) is 5.13. The van der Waals surface area contributed by atoms with Gasteiger partial charge in [0, 0.05) is 6.54 Å². The van der Waals surface area contributed by atoms with Crippen molar-refractivity contribution in [3.8, 4) is 5.75 Å². The van der Waals surface area contributed by atoms with Crippen LogP contribution >= 0.6 is 12.4 Å². The van der Waals surface area contributed by atoms with Gasteiger partial charge in [-0.1, -0.05) is 20.3 Å². The highest BCUT2D eigenvalue weighted by Gasteiger charge is 2.18. The van der Waals surface area contributed by atoms with Crippen LogP contribution in [-0.2, 0) is 4.79 Å². The average Bonchev–Trinajstić information content (AvgIpc) is 2.50. The Bertz CT molecular complexity index is 429. The van der Waals surface area contributed by atoms with Crippen LogP contribution in [0.1, 0.15) is 33.1 Å². The van der Waals surface area contributed by atoms with E-state index in [-0.39, 0.29) is 30.0 Å². The molecule has 0 radical (unpaired) electrons. The molecule has 0 spiro atoms. The van der Waals surface area contributed by atoms with Crippen molar-refractivity contribution in [2.75, 3.05) is 13.2 Å². The van der Waals surface area contributed by atoms with Crippen LogP contribution in [0.15, 0.2) is 24.3 Å². The van der Waals surface area contributed by atoms with Crippen molar-refractivity contribution in [2.24, 2.45) is 11.7 Å². The van der Waals surface area contributed by atoms with Gasteiger partial charge in [-0.25, -0.2) is 4.39 Å². The minimum Gasteiger partial charge on any atom is -0.494 e. The number of amides is 1. The van der Waals surface area contributed by atoms with Crippen LogP contribution in [0.25, 0.3) is 0 Å². The zero-order valence-corrected chi connectivity index (χ0v) is 14.0. The third kappa shape index (κ3) is 7.61. The highest BCUT2D eigenvalue weighted by Crippen LogP contribution is 2.11. The second kappa shape index (κ2) is 11.3. The van der Waals surface area contributed by atoms with Crippen LogP contribution < -0.4 is 15.8 Å². The highest BCUT2D eigenvalue weighted by molar-refractivity contribution is 5.85. The number of carbonyl (C=O) groups excluding carboxylic acids is 1. The molecule has 4 nitrogen and oxygen atoms in total. The zero-order valence-electron chi connectivity index (χ0n) is 13.2. The maximum atomic E-state index is 12.7. The summed E-state index contributed by atoms with van der Waals surface area (Å²) in [7, 11) is 0. The molecule has 0 heterocycles. The van der Waals surface area contributed by atoms with E-state index in [9.17, 15) is 9.18 Å². The fourth-order valence-corrected chi connectivity index (χ4v) is 1.79. The molecule has 2 unspecified atom stereocenters. The second-order valence-electron chi connectivity index (χ2n) is 5.21. The number of carbonyl (C=O) groups is 1. The highest BCUT2D eigenvalue weighted by atomic mass is 35.5. The Kier molecular flexibility index (Phi) is 10.6. The predicted octanol–water partition coefficient (Wildman–Crippen LogP) is 2.90. The van der Waals surface area contributed by atoms with Crippen LogP contribution in [0, 0.1) is 11.7 Å². The van der Waals surface area contributed by atoms with Gasteiger partial charge in [0.2, 0.25) is 5.91 Å². The number of rotatable bonds is 9. The first-order chi connectivity index (χ1) is 10.0. The summed E-state index contributed by atoms with van der Waals surface area (Å²) in [4.78, 5) is 11.7. The summed E-state index contributed by atoms with van der Waals surface area (Å²) in [5.41, 5.74) is 5.83. The van der Waals surface area contributed by atoms with E-state index in [1.165, 1.54) is 12.1 Å². The van der Waals surface area contributed by atoms with Crippen molar-refractivity contribution in [2.45, 2.75) is 39.2 Å². The van der Waals surface area contributed by atoms with Gasteiger partial charge >= 0.3 is 0 Å². The van der Waals surface area contributed by atoms with Crippen molar-refractivity contribution in [1.29, 1.82) is 0 Å². The molecule has 0 aliphatic carbocycles. The Hall–Kier alpha value is -1.33. The number of hydrogen-bond acceptors (Lipinski definition) is 3. The monoisotopic (exact) mass is 332 g/mol.